The van der Waals surface area contributed by atoms with E-state index in [2.05, 4.69) is 47.1 Å². The van der Waals surface area contributed by atoms with Gasteiger partial charge in [0.25, 0.3) is 5.91 Å². The van der Waals surface area contributed by atoms with Gasteiger partial charge < -0.3 is 9.80 Å². The highest BCUT2D eigenvalue weighted by atomic mass is 16.2. The van der Waals surface area contributed by atoms with E-state index in [-0.39, 0.29) is 5.91 Å². The number of likely N-dealkylation sites (tertiary alicyclic amines) is 1. The van der Waals surface area contributed by atoms with Crippen LogP contribution in [0.25, 0.3) is 0 Å². The minimum atomic E-state index is 0.0899. The van der Waals surface area contributed by atoms with Gasteiger partial charge in [0.05, 0.1) is 11.9 Å². The summed E-state index contributed by atoms with van der Waals surface area (Å²) in [6, 6.07) is 13.0. The van der Waals surface area contributed by atoms with Crippen molar-refractivity contribution in [2.75, 3.05) is 18.0 Å². The topological polar surface area (TPSA) is 36.4 Å². The molecule has 1 saturated heterocycles. The Morgan fingerprint density at radius 2 is 1.96 bits per heavy atom. The first-order valence-corrected chi connectivity index (χ1v) is 9.85. The molecule has 0 bridgehead atoms. The molecule has 2 aliphatic rings. The number of rotatable bonds is 3. The highest BCUT2D eigenvalue weighted by molar-refractivity contribution is 5.92. The molecule has 1 amide bonds. The monoisotopic (exact) mass is 349 g/mol. The Bertz CT molecular complexity index is 771. The van der Waals surface area contributed by atoms with Crippen LogP contribution >= 0.6 is 0 Å². The zero-order chi connectivity index (χ0) is 17.9. The van der Waals surface area contributed by atoms with Crippen molar-refractivity contribution < 1.29 is 4.79 Å². The second-order valence-electron chi connectivity index (χ2n) is 7.40. The van der Waals surface area contributed by atoms with Crippen LogP contribution in [0.4, 0.5) is 5.69 Å². The molecule has 4 rings (SSSR count). The zero-order valence-electron chi connectivity index (χ0n) is 15.5. The van der Waals surface area contributed by atoms with Crippen molar-refractivity contribution in [3.05, 3.63) is 59.4 Å². The van der Waals surface area contributed by atoms with E-state index >= 15 is 0 Å². The molecule has 26 heavy (non-hydrogen) atoms. The maximum Gasteiger partial charge on any atom is 0.272 e. The Morgan fingerprint density at radius 3 is 2.73 bits per heavy atom. The third kappa shape index (κ3) is 3.33. The van der Waals surface area contributed by atoms with Gasteiger partial charge in [-0.15, -0.1) is 0 Å². The number of amides is 1. The summed E-state index contributed by atoms with van der Waals surface area (Å²) in [6.07, 6.45) is 7.40. The number of benzene rings is 1. The lowest BCUT2D eigenvalue weighted by molar-refractivity contribution is 0.0602. The van der Waals surface area contributed by atoms with E-state index in [0.29, 0.717) is 11.7 Å². The molecule has 4 nitrogen and oxygen atoms in total. The van der Waals surface area contributed by atoms with E-state index in [1.165, 1.54) is 17.5 Å². The molecular weight excluding hydrogens is 322 g/mol. The van der Waals surface area contributed by atoms with Gasteiger partial charge in [0.15, 0.2) is 0 Å². The van der Waals surface area contributed by atoms with Gasteiger partial charge in [0.1, 0.15) is 5.69 Å². The van der Waals surface area contributed by atoms with Crippen LogP contribution in [-0.2, 0) is 13.0 Å². The summed E-state index contributed by atoms with van der Waals surface area (Å²) in [5.74, 6) is 0.0899. The predicted molar refractivity (Wildman–Crippen MR) is 104 cm³/mol. The standard InChI is InChI=1S/C22H27N3O/c1-2-19-9-5-6-13-25(19)22(26)21-11-10-20(15-23-21)24-14-12-17-7-3-4-8-18(17)16-24/h3-4,7-8,10-11,15,19H,2,5-6,9,12-14,16H2,1H3. The quantitative estimate of drug-likeness (QED) is 0.839. The van der Waals surface area contributed by atoms with Crippen molar-refractivity contribution in [2.24, 2.45) is 0 Å². The van der Waals surface area contributed by atoms with Crippen LogP contribution in [-0.4, -0.2) is 34.9 Å². The fourth-order valence-electron chi connectivity index (χ4n) is 4.26. The maximum absolute atomic E-state index is 12.9. The Kier molecular flexibility index (Phi) is 4.91. The lowest BCUT2D eigenvalue weighted by atomic mass is 9.99. The van der Waals surface area contributed by atoms with Gasteiger partial charge in [0.2, 0.25) is 0 Å². The van der Waals surface area contributed by atoms with E-state index in [4.69, 9.17) is 0 Å². The van der Waals surface area contributed by atoms with Crippen LogP contribution in [0.5, 0.6) is 0 Å². The summed E-state index contributed by atoms with van der Waals surface area (Å²) >= 11 is 0. The molecule has 0 radical (unpaired) electrons. The molecule has 0 spiro atoms. The molecule has 2 aliphatic heterocycles. The van der Waals surface area contributed by atoms with Crippen LogP contribution in [0, 0.1) is 0 Å². The van der Waals surface area contributed by atoms with Crippen LogP contribution in [0.1, 0.15) is 54.2 Å². The van der Waals surface area contributed by atoms with E-state index in [1.54, 1.807) is 0 Å². The molecular formula is C22H27N3O. The van der Waals surface area contributed by atoms with Gasteiger partial charge in [0, 0.05) is 25.7 Å². The van der Waals surface area contributed by atoms with Gasteiger partial charge in [-0.3, -0.25) is 4.79 Å². The number of hydrogen-bond donors (Lipinski definition) is 0. The average Bonchev–Trinajstić information content (AvgIpc) is 2.73. The number of carbonyl (C=O) groups excluding carboxylic acids is 1. The SMILES string of the molecule is CCC1CCCCN1C(=O)c1ccc(N2CCc3ccccc3C2)cn1. The normalized spacial score (nSPS) is 20.0. The molecule has 1 unspecified atom stereocenters. The largest absolute Gasteiger partial charge is 0.366 e. The summed E-state index contributed by atoms with van der Waals surface area (Å²) < 4.78 is 0. The molecule has 1 aromatic carbocycles. The average molecular weight is 349 g/mol. The summed E-state index contributed by atoms with van der Waals surface area (Å²) in [6.45, 7) is 4.94. The Hall–Kier alpha value is -2.36. The number of nitrogens with zero attached hydrogens (tertiary/aromatic N) is 3. The number of anilines is 1. The lowest BCUT2D eigenvalue weighted by Gasteiger charge is -2.35. The molecule has 2 aromatic rings. The number of fused-ring (bicyclic) bond motifs is 1. The van der Waals surface area contributed by atoms with Crippen LogP contribution in [0.15, 0.2) is 42.6 Å². The second kappa shape index (κ2) is 7.48. The molecule has 0 N–H and O–H groups in total. The van der Waals surface area contributed by atoms with Crippen molar-refractivity contribution in [3.8, 4) is 0 Å². The lowest BCUT2D eigenvalue weighted by Crippen LogP contribution is -2.43. The maximum atomic E-state index is 12.9. The van der Waals surface area contributed by atoms with Crippen molar-refractivity contribution in [1.82, 2.24) is 9.88 Å². The number of aromatic nitrogens is 1. The smallest absolute Gasteiger partial charge is 0.272 e. The summed E-state index contributed by atoms with van der Waals surface area (Å²) in [5, 5.41) is 0. The van der Waals surface area contributed by atoms with Crippen molar-refractivity contribution in [3.63, 3.8) is 0 Å². The minimum Gasteiger partial charge on any atom is -0.366 e. The van der Waals surface area contributed by atoms with Gasteiger partial charge in [-0.05, 0) is 55.4 Å². The fourth-order valence-corrected chi connectivity index (χ4v) is 4.26. The molecule has 1 aromatic heterocycles. The Labute approximate surface area is 155 Å². The van der Waals surface area contributed by atoms with E-state index in [1.807, 2.05) is 17.2 Å². The zero-order valence-corrected chi connectivity index (χ0v) is 15.5. The number of piperidine rings is 1. The summed E-state index contributed by atoms with van der Waals surface area (Å²) in [7, 11) is 0. The molecule has 0 aliphatic carbocycles. The van der Waals surface area contributed by atoms with Gasteiger partial charge in [-0.25, -0.2) is 4.98 Å². The van der Waals surface area contributed by atoms with Gasteiger partial charge in [-0.2, -0.15) is 0 Å². The molecule has 136 valence electrons. The first-order chi connectivity index (χ1) is 12.8. The van der Waals surface area contributed by atoms with Gasteiger partial charge in [-0.1, -0.05) is 31.2 Å². The minimum absolute atomic E-state index is 0.0899. The third-order valence-corrected chi connectivity index (χ3v) is 5.82. The molecule has 4 heteroatoms. The first kappa shape index (κ1) is 17.1. The summed E-state index contributed by atoms with van der Waals surface area (Å²) in [5.41, 5.74) is 4.51. The van der Waals surface area contributed by atoms with Crippen molar-refractivity contribution >= 4 is 11.6 Å². The molecule has 0 saturated carbocycles. The van der Waals surface area contributed by atoms with Crippen molar-refractivity contribution in [1.29, 1.82) is 0 Å². The fraction of sp³-hybridized carbons (Fsp3) is 0.455. The Morgan fingerprint density at radius 1 is 1.12 bits per heavy atom. The third-order valence-electron chi connectivity index (χ3n) is 5.82. The van der Waals surface area contributed by atoms with E-state index in [0.717, 1.165) is 51.0 Å². The number of hydrogen-bond acceptors (Lipinski definition) is 3. The van der Waals surface area contributed by atoms with Crippen LogP contribution in [0.3, 0.4) is 0 Å². The van der Waals surface area contributed by atoms with Crippen LogP contribution in [0.2, 0.25) is 0 Å². The molecule has 3 heterocycles. The molecule has 1 atom stereocenters. The number of pyridine rings is 1. The predicted octanol–water partition coefficient (Wildman–Crippen LogP) is 4.05. The van der Waals surface area contributed by atoms with Crippen molar-refractivity contribution in [2.45, 2.75) is 51.6 Å². The highest BCUT2D eigenvalue weighted by Crippen LogP contribution is 2.25. The first-order valence-electron chi connectivity index (χ1n) is 9.85. The number of carbonyl (C=O) groups is 1. The van der Waals surface area contributed by atoms with E-state index < -0.39 is 0 Å². The second-order valence-corrected chi connectivity index (χ2v) is 7.40. The van der Waals surface area contributed by atoms with Crippen LogP contribution < -0.4 is 4.90 Å². The Balaban J connectivity index is 1.48. The van der Waals surface area contributed by atoms with E-state index in [9.17, 15) is 4.79 Å². The van der Waals surface area contributed by atoms with Gasteiger partial charge >= 0.3 is 0 Å². The highest BCUT2D eigenvalue weighted by Gasteiger charge is 2.27. The summed E-state index contributed by atoms with van der Waals surface area (Å²) in [4.78, 5) is 21.8. The molecule has 1 fully saturated rings.